The fraction of sp³-hybridized carbons (Fsp3) is 0.375. The Morgan fingerprint density at radius 1 is 1.05 bits per heavy atom. The van der Waals surface area contributed by atoms with E-state index in [0.717, 1.165) is 16.1 Å². The van der Waals surface area contributed by atoms with Crippen molar-refractivity contribution in [3.05, 3.63) is 64.0 Å². The number of nitrogens with zero attached hydrogens (tertiary/aromatic N) is 2. The Kier molecular flexibility index (Phi) is 7.36. The summed E-state index contributed by atoms with van der Waals surface area (Å²) in [6, 6.07) is 12.1. The van der Waals surface area contributed by atoms with E-state index in [4.69, 9.17) is 5.73 Å². The summed E-state index contributed by atoms with van der Waals surface area (Å²) in [5, 5.41) is 49.5. The molecule has 7 N–H and O–H groups in total. The lowest BCUT2D eigenvalue weighted by Crippen LogP contribution is -2.68. The summed E-state index contributed by atoms with van der Waals surface area (Å²) in [6.07, 6.45) is -2.87. The van der Waals surface area contributed by atoms with Gasteiger partial charge in [-0.25, -0.2) is 4.98 Å². The predicted molar refractivity (Wildman–Crippen MR) is 164 cm³/mol. The summed E-state index contributed by atoms with van der Waals surface area (Å²) in [5.74, 6) is -9.28. The Morgan fingerprint density at radius 3 is 2.36 bits per heavy atom. The van der Waals surface area contributed by atoms with Crippen molar-refractivity contribution in [2.75, 3.05) is 19.4 Å². The number of benzene rings is 2. The Bertz CT molecular complexity index is 1720. The third-order valence-electron chi connectivity index (χ3n) is 9.45. The Hall–Kier alpha value is -4.10. The lowest BCUT2D eigenvalue weighted by molar-refractivity contribution is -0.166. The van der Waals surface area contributed by atoms with Gasteiger partial charge in [-0.15, -0.1) is 11.3 Å². The van der Waals surface area contributed by atoms with Crippen LogP contribution in [0.1, 0.15) is 28.8 Å². The van der Waals surface area contributed by atoms with Gasteiger partial charge in [0.25, 0.3) is 0 Å². The number of phenolic OH excluding ortho intramolecular Hbond substituents is 1. The number of aryl methyl sites for hydroxylation is 1. The molecule has 5 unspecified atom stereocenters. The normalized spacial score (nSPS) is 29.7. The number of nitrogens with two attached hydrogens (primary N) is 1. The third kappa shape index (κ3) is 4.35. The Morgan fingerprint density at radius 2 is 1.73 bits per heavy atom. The van der Waals surface area contributed by atoms with E-state index in [2.05, 4.69) is 10.3 Å². The number of carbonyl (C=O) groups excluding carboxylic acids is 3. The summed E-state index contributed by atoms with van der Waals surface area (Å²) in [5.41, 5.74) is 7.80. The second-order valence-electron chi connectivity index (χ2n) is 12.1. The number of hydrogen-bond acceptors (Lipinski definition) is 11. The van der Waals surface area contributed by atoms with E-state index in [1.54, 1.807) is 38.1 Å². The molecular formula is C32H34N4O7S. The van der Waals surface area contributed by atoms with Crippen molar-refractivity contribution in [3.8, 4) is 17.0 Å². The minimum absolute atomic E-state index is 0.0169. The number of aromatic hydroxyl groups is 1. The smallest absolute Gasteiger partial charge is 0.230 e. The summed E-state index contributed by atoms with van der Waals surface area (Å²) < 4.78 is 0. The Labute approximate surface area is 257 Å². The van der Waals surface area contributed by atoms with Crippen molar-refractivity contribution in [2.45, 2.75) is 38.0 Å². The van der Waals surface area contributed by atoms with Gasteiger partial charge in [0, 0.05) is 33.9 Å². The van der Waals surface area contributed by atoms with E-state index < -0.39 is 71.1 Å². The van der Waals surface area contributed by atoms with Crippen LogP contribution in [0.25, 0.3) is 17.0 Å². The third-order valence-corrected chi connectivity index (χ3v) is 10.3. The average molecular weight is 619 g/mol. The van der Waals surface area contributed by atoms with Gasteiger partial charge in [-0.1, -0.05) is 43.3 Å². The number of aliphatic hydroxyl groups excluding tert-OH is 3. The van der Waals surface area contributed by atoms with Gasteiger partial charge in [0.2, 0.25) is 5.91 Å². The van der Waals surface area contributed by atoms with Crippen LogP contribution in [0.3, 0.4) is 0 Å². The quantitative estimate of drug-likeness (QED) is 0.183. The summed E-state index contributed by atoms with van der Waals surface area (Å²) in [7, 11) is 3.25. The maximum atomic E-state index is 14.1. The van der Waals surface area contributed by atoms with Crippen LogP contribution in [-0.4, -0.2) is 80.1 Å². The highest BCUT2D eigenvalue weighted by Gasteiger charge is 2.63. The van der Waals surface area contributed by atoms with Crippen LogP contribution in [0.4, 0.5) is 10.8 Å². The molecule has 0 aliphatic heterocycles. The standard InChI is InChI=1S/C32H34N4O7S/c1-12-15-10-11-16(34-32-35-23(13(2)44-32)14-8-6-5-7-9-14)25(37)18(15)27(39)20-17(12)26(38)19-21(28(20)40)29(41)22(31(33)43)30(42)24(19)36(3)4/h5-12,17,19,21-22,24,26,30,37-39,42H,1-4H3,(H2,33,43)(H,34,35)/t12-,17?,19?,21?,22?,24-,26-,30?/m0/s1. The molecule has 0 saturated heterocycles. The number of ketones is 2. The van der Waals surface area contributed by atoms with Crippen molar-refractivity contribution in [3.63, 3.8) is 0 Å². The number of primary amides is 1. The second kappa shape index (κ2) is 10.8. The first kappa shape index (κ1) is 29.9. The van der Waals surface area contributed by atoms with E-state index >= 15 is 0 Å². The fourth-order valence-electron chi connectivity index (χ4n) is 7.49. The summed E-state index contributed by atoms with van der Waals surface area (Å²) in [4.78, 5) is 47.1. The van der Waals surface area contributed by atoms with Crippen molar-refractivity contribution >= 4 is 45.4 Å². The lowest BCUT2D eigenvalue weighted by Gasteiger charge is -2.53. The van der Waals surface area contributed by atoms with E-state index in [-0.39, 0.29) is 22.6 Å². The predicted octanol–water partition coefficient (Wildman–Crippen LogP) is 2.72. The molecule has 1 amide bonds. The van der Waals surface area contributed by atoms with Gasteiger partial charge in [0.05, 0.1) is 35.1 Å². The van der Waals surface area contributed by atoms with Gasteiger partial charge < -0.3 is 36.4 Å². The molecule has 11 nitrogen and oxygen atoms in total. The summed E-state index contributed by atoms with van der Waals surface area (Å²) >= 11 is 1.39. The van der Waals surface area contributed by atoms with Gasteiger partial charge in [-0.05, 0) is 38.6 Å². The highest BCUT2D eigenvalue weighted by Crippen LogP contribution is 2.55. The molecule has 0 bridgehead atoms. The zero-order valence-corrected chi connectivity index (χ0v) is 25.4. The number of amides is 1. The number of likely N-dealkylation sites (N-methyl/N-ethyl adjacent to an activating group) is 1. The molecule has 1 aromatic heterocycles. The molecule has 3 aromatic rings. The van der Waals surface area contributed by atoms with Crippen molar-refractivity contribution in [1.29, 1.82) is 0 Å². The van der Waals surface area contributed by atoms with Crippen molar-refractivity contribution < 1.29 is 34.8 Å². The van der Waals surface area contributed by atoms with Crippen LogP contribution in [0, 0.1) is 30.6 Å². The first-order valence-corrected chi connectivity index (χ1v) is 15.2. The first-order chi connectivity index (χ1) is 20.8. The molecular weight excluding hydrogens is 584 g/mol. The molecule has 230 valence electrons. The molecule has 8 atom stereocenters. The Balaban J connectivity index is 1.43. The number of rotatable bonds is 5. The van der Waals surface area contributed by atoms with Gasteiger partial charge in [-0.3, -0.25) is 14.4 Å². The highest BCUT2D eigenvalue weighted by molar-refractivity contribution is 7.16. The maximum absolute atomic E-state index is 14.1. The molecule has 2 saturated carbocycles. The van der Waals surface area contributed by atoms with Gasteiger partial charge in [0.15, 0.2) is 16.7 Å². The molecule has 12 heteroatoms. The molecule has 44 heavy (non-hydrogen) atoms. The van der Waals surface area contributed by atoms with Crippen LogP contribution in [-0.2, 0) is 14.4 Å². The lowest BCUT2D eigenvalue weighted by atomic mass is 9.54. The zero-order valence-electron chi connectivity index (χ0n) is 24.6. The van der Waals surface area contributed by atoms with Gasteiger partial charge in [0.1, 0.15) is 17.4 Å². The number of aliphatic hydroxyl groups is 3. The number of hydrogen-bond donors (Lipinski definition) is 6. The zero-order chi connectivity index (χ0) is 31.8. The number of aromatic nitrogens is 1. The van der Waals surface area contributed by atoms with Crippen LogP contribution in [0.2, 0.25) is 0 Å². The SMILES string of the molecule is Cc1sc(Nc2ccc3c(c2O)C(O)=C2C(=O)C4C(=O)C(C(N)=O)C(O)[C@@H](N(C)C)C4[C@@H](O)C2[C@H]3C)nc1-c1ccccc1. The number of phenols is 1. The number of carbonyl (C=O) groups is 3. The van der Waals surface area contributed by atoms with E-state index in [1.807, 2.05) is 37.3 Å². The van der Waals surface area contributed by atoms with E-state index in [0.29, 0.717) is 10.7 Å². The van der Waals surface area contributed by atoms with Crippen LogP contribution < -0.4 is 11.1 Å². The molecule has 2 aromatic carbocycles. The van der Waals surface area contributed by atoms with Gasteiger partial charge in [-0.2, -0.15) is 0 Å². The maximum Gasteiger partial charge on any atom is 0.230 e. The molecule has 3 aliphatic rings. The fourth-order valence-corrected chi connectivity index (χ4v) is 8.34. The second-order valence-corrected chi connectivity index (χ2v) is 13.3. The molecule has 0 radical (unpaired) electrons. The first-order valence-electron chi connectivity index (χ1n) is 14.3. The highest BCUT2D eigenvalue weighted by atomic mass is 32.1. The molecule has 3 aliphatic carbocycles. The molecule has 6 rings (SSSR count). The van der Waals surface area contributed by atoms with Crippen LogP contribution in [0.15, 0.2) is 48.0 Å². The van der Waals surface area contributed by atoms with E-state index in [9.17, 15) is 34.8 Å². The molecule has 2 fully saturated rings. The largest absolute Gasteiger partial charge is 0.507 e. The monoisotopic (exact) mass is 618 g/mol. The van der Waals surface area contributed by atoms with Gasteiger partial charge >= 0.3 is 0 Å². The molecule has 1 heterocycles. The average Bonchev–Trinajstić information content (AvgIpc) is 3.34. The number of Topliss-reactive ketones (excluding diaryl/α,β-unsaturated/α-hetero) is 2. The summed E-state index contributed by atoms with van der Waals surface area (Å²) in [6.45, 7) is 3.71. The number of fused-ring (bicyclic) bond motifs is 3. The number of anilines is 2. The minimum atomic E-state index is -1.65. The van der Waals surface area contributed by atoms with Crippen LogP contribution in [0.5, 0.6) is 5.75 Å². The number of thiazole rings is 1. The van der Waals surface area contributed by atoms with Crippen molar-refractivity contribution in [1.82, 2.24) is 9.88 Å². The van der Waals surface area contributed by atoms with E-state index in [1.165, 1.54) is 11.3 Å². The minimum Gasteiger partial charge on any atom is -0.507 e. The van der Waals surface area contributed by atoms with Crippen molar-refractivity contribution in [2.24, 2.45) is 29.4 Å². The van der Waals surface area contributed by atoms with Crippen LogP contribution >= 0.6 is 11.3 Å². The number of nitrogens with one attached hydrogen (secondary N) is 1. The molecule has 0 spiro atoms. The topological polar surface area (TPSA) is 186 Å².